The molecule has 1 saturated heterocycles. The second kappa shape index (κ2) is 13.9. The molecule has 1 atom stereocenters. The van der Waals surface area contributed by atoms with Crippen molar-refractivity contribution in [2.24, 2.45) is 5.92 Å². The Morgan fingerprint density at radius 1 is 0.957 bits per heavy atom. The molecule has 2 aliphatic rings. The largest absolute Gasteiger partial charge is 0.493 e. The van der Waals surface area contributed by atoms with E-state index in [1.807, 2.05) is 95.3 Å². The van der Waals surface area contributed by atoms with E-state index in [1.54, 1.807) is 28.9 Å². The number of fused-ring (bicyclic) bond motifs is 1. The Morgan fingerprint density at radius 2 is 1.60 bits per heavy atom. The van der Waals surface area contributed by atoms with E-state index in [9.17, 15) is 14.4 Å². The van der Waals surface area contributed by atoms with Gasteiger partial charge >= 0.3 is 6.09 Å². The van der Waals surface area contributed by atoms with E-state index in [1.165, 1.54) is 0 Å². The molecule has 0 spiro atoms. The Balaban J connectivity index is 1.39. The van der Waals surface area contributed by atoms with Gasteiger partial charge in [-0.1, -0.05) is 23.7 Å². The Bertz CT molecular complexity index is 1610. The molecule has 0 aromatic heterocycles. The van der Waals surface area contributed by atoms with Crippen LogP contribution in [0.5, 0.6) is 11.5 Å². The molecule has 0 saturated carbocycles. The van der Waals surface area contributed by atoms with Crippen molar-refractivity contribution in [3.8, 4) is 11.5 Å². The Labute approximate surface area is 282 Å². The van der Waals surface area contributed by atoms with Crippen LogP contribution in [-0.2, 0) is 20.7 Å². The fourth-order valence-corrected chi connectivity index (χ4v) is 6.33. The van der Waals surface area contributed by atoms with Crippen LogP contribution in [-0.4, -0.2) is 61.8 Å². The fraction of sp³-hybridized carbons (Fsp3) is 0.432. The van der Waals surface area contributed by atoms with Crippen LogP contribution < -0.4 is 19.3 Å². The van der Waals surface area contributed by atoms with Crippen LogP contribution >= 0.6 is 11.6 Å². The first-order valence-electron chi connectivity index (χ1n) is 16.1. The molecule has 9 nitrogen and oxygen atoms in total. The highest BCUT2D eigenvalue weighted by atomic mass is 35.5. The van der Waals surface area contributed by atoms with Gasteiger partial charge in [0.05, 0.1) is 25.7 Å². The molecule has 10 heteroatoms. The molecule has 250 valence electrons. The minimum absolute atomic E-state index is 0.00441. The summed E-state index contributed by atoms with van der Waals surface area (Å²) in [6.07, 6.45) is 0.917. The molecule has 3 aromatic rings. The summed E-state index contributed by atoms with van der Waals surface area (Å²) in [5, 5.41) is 0.605. The van der Waals surface area contributed by atoms with Crippen molar-refractivity contribution < 1.29 is 28.6 Å². The quantitative estimate of drug-likeness (QED) is 0.262. The van der Waals surface area contributed by atoms with Gasteiger partial charge in [0.1, 0.15) is 5.60 Å². The van der Waals surface area contributed by atoms with Gasteiger partial charge in [-0.3, -0.25) is 9.59 Å². The van der Waals surface area contributed by atoms with Crippen LogP contribution in [0.2, 0.25) is 5.02 Å². The standard InChI is InChI=1S/C37H44ClN3O6/c1-23(2)46-32-22-30-26(20-31(32)45-7)21-33(42)41(34(30)24-8-10-27(38)11-9-24)29-14-12-28(13-15-29)39(6)35(43)25-16-18-40(19-17-25)36(44)47-37(3,4)5/h8-15,20,22-23,25,34H,16-19,21H2,1-7H3. The van der Waals surface area contributed by atoms with Gasteiger partial charge in [0, 0.05) is 42.5 Å². The van der Waals surface area contributed by atoms with Crippen molar-refractivity contribution in [1.82, 2.24) is 4.90 Å². The lowest BCUT2D eigenvalue weighted by Crippen LogP contribution is -2.45. The molecule has 0 aliphatic carbocycles. The molecular weight excluding hydrogens is 618 g/mol. The lowest BCUT2D eigenvalue weighted by Gasteiger charge is -2.38. The topological polar surface area (TPSA) is 88.6 Å². The Hall–Kier alpha value is -4.24. The number of hydrogen-bond donors (Lipinski definition) is 0. The summed E-state index contributed by atoms with van der Waals surface area (Å²) in [4.78, 5) is 45.0. The summed E-state index contributed by atoms with van der Waals surface area (Å²) in [7, 11) is 3.36. The number of nitrogens with zero attached hydrogens (tertiary/aromatic N) is 3. The lowest BCUT2D eigenvalue weighted by atomic mass is 9.86. The zero-order chi connectivity index (χ0) is 34.0. The highest BCUT2D eigenvalue weighted by Gasteiger charge is 2.37. The SMILES string of the molecule is COc1cc2c(cc1OC(C)C)C(c1ccc(Cl)cc1)N(c1ccc(N(C)C(=O)C3CCN(C(=O)OC(C)(C)C)CC3)cc1)C(=O)C2. The van der Waals surface area contributed by atoms with Crippen LogP contribution in [0.25, 0.3) is 0 Å². The third kappa shape index (κ3) is 7.67. The zero-order valence-corrected chi connectivity index (χ0v) is 29.0. The molecule has 0 bridgehead atoms. The summed E-state index contributed by atoms with van der Waals surface area (Å²) < 4.78 is 17.2. The molecule has 2 heterocycles. The van der Waals surface area contributed by atoms with E-state index in [0.29, 0.717) is 48.1 Å². The second-order valence-electron chi connectivity index (χ2n) is 13.4. The van der Waals surface area contributed by atoms with Crippen molar-refractivity contribution in [3.05, 3.63) is 82.4 Å². The molecule has 1 unspecified atom stereocenters. The highest BCUT2D eigenvalue weighted by Crippen LogP contribution is 2.44. The number of piperidine rings is 1. The van der Waals surface area contributed by atoms with Crippen molar-refractivity contribution in [3.63, 3.8) is 0 Å². The minimum atomic E-state index is -0.564. The number of halogens is 1. The van der Waals surface area contributed by atoms with E-state index in [0.717, 1.165) is 22.4 Å². The van der Waals surface area contributed by atoms with Gasteiger partial charge in [0.15, 0.2) is 11.5 Å². The van der Waals surface area contributed by atoms with Crippen LogP contribution in [0.4, 0.5) is 16.2 Å². The summed E-state index contributed by atoms with van der Waals surface area (Å²) in [6, 6.07) is 18.4. The number of amides is 3. The average molecular weight is 662 g/mol. The predicted octanol–water partition coefficient (Wildman–Crippen LogP) is 7.42. The molecule has 47 heavy (non-hydrogen) atoms. The first-order valence-corrected chi connectivity index (χ1v) is 16.4. The van der Waals surface area contributed by atoms with Crippen LogP contribution in [0, 0.1) is 5.92 Å². The van der Waals surface area contributed by atoms with E-state index in [-0.39, 0.29) is 36.4 Å². The number of anilines is 2. The van der Waals surface area contributed by atoms with E-state index >= 15 is 0 Å². The fourth-order valence-electron chi connectivity index (χ4n) is 6.20. The van der Waals surface area contributed by atoms with Crippen molar-refractivity contribution in [1.29, 1.82) is 0 Å². The minimum Gasteiger partial charge on any atom is -0.493 e. The second-order valence-corrected chi connectivity index (χ2v) is 13.9. The van der Waals surface area contributed by atoms with Crippen molar-refractivity contribution in [2.45, 2.75) is 71.6 Å². The average Bonchev–Trinajstić information content (AvgIpc) is 3.03. The highest BCUT2D eigenvalue weighted by molar-refractivity contribution is 6.30. The monoisotopic (exact) mass is 661 g/mol. The van der Waals surface area contributed by atoms with Crippen LogP contribution in [0.15, 0.2) is 60.7 Å². The smallest absolute Gasteiger partial charge is 0.410 e. The number of benzene rings is 3. The normalized spacial score (nSPS) is 17.0. The van der Waals surface area contributed by atoms with Gasteiger partial charge in [-0.15, -0.1) is 0 Å². The summed E-state index contributed by atoms with van der Waals surface area (Å²) in [5.74, 6) is 0.927. The number of methoxy groups -OCH3 is 1. The van der Waals surface area contributed by atoms with Gasteiger partial charge in [0.25, 0.3) is 0 Å². The number of hydrogen-bond acceptors (Lipinski definition) is 6. The van der Waals surface area contributed by atoms with Gasteiger partial charge < -0.3 is 28.9 Å². The zero-order valence-electron chi connectivity index (χ0n) is 28.2. The van der Waals surface area contributed by atoms with Gasteiger partial charge in [-0.2, -0.15) is 0 Å². The molecule has 0 N–H and O–H groups in total. The molecule has 2 aliphatic heterocycles. The van der Waals surface area contributed by atoms with Crippen molar-refractivity contribution in [2.75, 3.05) is 37.0 Å². The number of rotatable bonds is 7. The van der Waals surface area contributed by atoms with Crippen LogP contribution in [0.3, 0.4) is 0 Å². The van der Waals surface area contributed by atoms with E-state index in [4.69, 9.17) is 25.8 Å². The number of carbonyl (C=O) groups excluding carboxylic acids is 3. The van der Waals surface area contributed by atoms with Crippen LogP contribution in [0.1, 0.15) is 70.2 Å². The molecule has 3 amide bonds. The summed E-state index contributed by atoms with van der Waals surface area (Å²) >= 11 is 6.26. The molecular formula is C37H44ClN3O6. The van der Waals surface area contributed by atoms with Gasteiger partial charge in [0.2, 0.25) is 11.8 Å². The Kier molecular flexibility index (Phi) is 10.1. The third-order valence-corrected chi connectivity index (χ3v) is 8.73. The van der Waals surface area contributed by atoms with E-state index < -0.39 is 11.6 Å². The van der Waals surface area contributed by atoms with Gasteiger partial charge in [-0.25, -0.2) is 4.79 Å². The van der Waals surface area contributed by atoms with Gasteiger partial charge in [-0.05, 0) is 113 Å². The first kappa shape index (κ1) is 34.1. The predicted molar refractivity (Wildman–Crippen MR) is 184 cm³/mol. The maximum Gasteiger partial charge on any atom is 0.410 e. The Morgan fingerprint density at radius 3 is 2.17 bits per heavy atom. The maximum absolute atomic E-state index is 13.9. The number of ether oxygens (including phenoxy) is 3. The number of likely N-dealkylation sites (tertiary alicyclic amines) is 1. The molecule has 1 fully saturated rings. The van der Waals surface area contributed by atoms with Crippen molar-refractivity contribution >= 4 is 40.9 Å². The lowest BCUT2D eigenvalue weighted by molar-refractivity contribution is -0.123. The maximum atomic E-state index is 13.9. The molecule has 5 rings (SSSR count). The van der Waals surface area contributed by atoms with E-state index in [2.05, 4.69) is 0 Å². The summed E-state index contributed by atoms with van der Waals surface area (Å²) in [5.41, 5.74) is 3.58. The third-order valence-electron chi connectivity index (χ3n) is 8.48. The molecule has 3 aromatic carbocycles. The number of carbonyl (C=O) groups is 3. The molecule has 0 radical (unpaired) electrons. The summed E-state index contributed by atoms with van der Waals surface area (Å²) in [6.45, 7) is 10.4. The first-order chi connectivity index (χ1) is 22.3.